The van der Waals surface area contributed by atoms with Gasteiger partial charge in [-0.15, -0.1) is 0 Å². The molecule has 5 heterocycles. The summed E-state index contributed by atoms with van der Waals surface area (Å²) in [5.41, 5.74) is 0.377. The van der Waals surface area contributed by atoms with Crippen molar-refractivity contribution in [1.82, 2.24) is 14.8 Å². The Morgan fingerprint density at radius 2 is 1.97 bits per heavy atom. The van der Waals surface area contributed by atoms with Gasteiger partial charge in [0, 0.05) is 43.2 Å². The molecule has 2 N–H and O–H groups in total. The standard InChI is InChI=1S/C25H32N4O5S/c1-15-5-6-17-18(20(27-23(32)33)35-19(17)26-15)21(30)28-11-7-16(8-12-28)29-10-4-9-25(14-29)13-24(2,3)34-22(25)31/h5-6,16,27H,4,7-14H2,1-3H3,(H,32,33). The molecule has 2 aromatic rings. The zero-order valence-corrected chi connectivity index (χ0v) is 21.2. The number of carbonyl (C=O) groups excluding carboxylic acids is 2. The van der Waals surface area contributed by atoms with Crippen molar-refractivity contribution in [2.75, 3.05) is 31.5 Å². The van der Waals surface area contributed by atoms with Crippen molar-refractivity contribution in [3.63, 3.8) is 0 Å². The van der Waals surface area contributed by atoms with Crippen molar-refractivity contribution in [1.29, 1.82) is 0 Å². The Hall–Kier alpha value is -2.72. The third-order valence-electron chi connectivity index (χ3n) is 7.57. The molecule has 5 rings (SSSR count). The Labute approximate surface area is 208 Å². The zero-order chi connectivity index (χ0) is 25.0. The molecule has 2 amide bonds. The Morgan fingerprint density at radius 1 is 1.23 bits per heavy atom. The van der Waals surface area contributed by atoms with E-state index >= 15 is 0 Å². The lowest BCUT2D eigenvalue weighted by Crippen LogP contribution is -2.53. The minimum atomic E-state index is -1.20. The van der Waals surface area contributed by atoms with Gasteiger partial charge in [0.1, 0.15) is 15.4 Å². The number of nitrogens with zero attached hydrogens (tertiary/aromatic N) is 3. The van der Waals surface area contributed by atoms with E-state index in [9.17, 15) is 19.5 Å². The number of fused-ring (bicyclic) bond motifs is 1. The number of likely N-dealkylation sites (tertiary alicyclic amines) is 2. The van der Waals surface area contributed by atoms with Gasteiger partial charge in [-0.1, -0.05) is 11.3 Å². The van der Waals surface area contributed by atoms with Crippen LogP contribution in [0.15, 0.2) is 12.1 Å². The van der Waals surface area contributed by atoms with Gasteiger partial charge in [0.05, 0.1) is 11.0 Å². The maximum atomic E-state index is 13.6. The van der Waals surface area contributed by atoms with Gasteiger partial charge in [0.25, 0.3) is 5.91 Å². The normalized spacial score (nSPS) is 25.2. The number of aryl methyl sites for hydroxylation is 1. The van der Waals surface area contributed by atoms with Crippen LogP contribution in [0.4, 0.5) is 9.80 Å². The van der Waals surface area contributed by atoms with E-state index < -0.39 is 17.1 Å². The summed E-state index contributed by atoms with van der Waals surface area (Å²) >= 11 is 1.19. The monoisotopic (exact) mass is 500 g/mol. The summed E-state index contributed by atoms with van der Waals surface area (Å²) in [4.78, 5) is 47.1. The summed E-state index contributed by atoms with van der Waals surface area (Å²) in [5.74, 6) is -0.230. The molecule has 1 atom stereocenters. The molecule has 0 bridgehead atoms. The molecule has 35 heavy (non-hydrogen) atoms. The van der Waals surface area contributed by atoms with Crippen LogP contribution >= 0.6 is 11.3 Å². The Balaban J connectivity index is 1.30. The number of rotatable bonds is 3. The van der Waals surface area contributed by atoms with Gasteiger partial charge in [0.15, 0.2) is 0 Å². The van der Waals surface area contributed by atoms with Gasteiger partial charge in [-0.2, -0.15) is 0 Å². The summed E-state index contributed by atoms with van der Waals surface area (Å²) in [6.45, 7) is 8.70. The van der Waals surface area contributed by atoms with Crippen molar-refractivity contribution in [2.45, 2.75) is 64.5 Å². The predicted octanol–water partition coefficient (Wildman–Crippen LogP) is 4.11. The SMILES string of the molecule is Cc1ccc2c(C(=O)N3CCC(N4CCCC5(C4)CC(C)(C)OC5=O)CC3)c(NC(=O)O)sc2n1. The Kier molecular flexibility index (Phi) is 5.99. The topological polar surface area (TPSA) is 112 Å². The second kappa shape index (κ2) is 8.74. The molecule has 3 aliphatic rings. The van der Waals surface area contributed by atoms with Gasteiger partial charge in [-0.3, -0.25) is 19.8 Å². The van der Waals surface area contributed by atoms with E-state index in [2.05, 4.69) is 15.2 Å². The van der Waals surface area contributed by atoms with E-state index in [0.717, 1.165) is 50.9 Å². The average molecular weight is 501 g/mol. The van der Waals surface area contributed by atoms with Crippen molar-refractivity contribution in [3.8, 4) is 0 Å². The molecule has 0 saturated carbocycles. The maximum absolute atomic E-state index is 13.6. The van der Waals surface area contributed by atoms with Crippen LogP contribution in [0.2, 0.25) is 0 Å². The summed E-state index contributed by atoms with van der Waals surface area (Å²) in [6, 6.07) is 3.99. The smallest absolute Gasteiger partial charge is 0.409 e. The molecule has 3 aliphatic heterocycles. The zero-order valence-electron chi connectivity index (χ0n) is 20.4. The first kappa shape index (κ1) is 24.0. The third-order valence-corrected chi connectivity index (χ3v) is 8.58. The second-order valence-corrected chi connectivity index (χ2v) is 11.7. The third kappa shape index (κ3) is 4.49. The fourth-order valence-corrected chi connectivity index (χ4v) is 7.23. The molecular weight excluding hydrogens is 468 g/mol. The molecular formula is C25H32N4O5S. The van der Waals surface area contributed by atoms with E-state index in [-0.39, 0.29) is 11.9 Å². The van der Waals surface area contributed by atoms with Crippen LogP contribution in [0.5, 0.6) is 0 Å². The molecule has 1 unspecified atom stereocenters. The van der Waals surface area contributed by atoms with Crippen molar-refractivity contribution < 1.29 is 24.2 Å². The molecule has 0 aliphatic carbocycles. The number of pyridine rings is 1. The van der Waals surface area contributed by atoms with Crippen LogP contribution in [0.3, 0.4) is 0 Å². The van der Waals surface area contributed by atoms with E-state index in [4.69, 9.17) is 4.74 Å². The van der Waals surface area contributed by atoms with Gasteiger partial charge in [0.2, 0.25) is 0 Å². The number of nitrogens with one attached hydrogen (secondary N) is 1. The Bertz CT molecular complexity index is 1190. The quantitative estimate of drug-likeness (QED) is 0.610. The van der Waals surface area contributed by atoms with E-state index in [0.29, 0.717) is 39.9 Å². The van der Waals surface area contributed by atoms with Crippen molar-refractivity contribution in [2.24, 2.45) is 5.41 Å². The van der Waals surface area contributed by atoms with E-state index in [1.807, 2.05) is 37.8 Å². The number of esters is 1. The van der Waals surface area contributed by atoms with Crippen LogP contribution in [-0.2, 0) is 9.53 Å². The second-order valence-electron chi connectivity index (χ2n) is 10.7. The molecule has 0 aromatic carbocycles. The molecule has 2 aromatic heterocycles. The first-order valence-electron chi connectivity index (χ1n) is 12.2. The summed E-state index contributed by atoms with van der Waals surface area (Å²) in [6.07, 6.45) is 3.05. The molecule has 0 radical (unpaired) electrons. The minimum Gasteiger partial charge on any atom is -0.465 e. The van der Waals surface area contributed by atoms with Gasteiger partial charge >= 0.3 is 12.1 Å². The van der Waals surface area contributed by atoms with Crippen LogP contribution in [-0.4, -0.2) is 75.7 Å². The number of aromatic nitrogens is 1. The van der Waals surface area contributed by atoms with Gasteiger partial charge < -0.3 is 14.7 Å². The fraction of sp³-hybridized carbons (Fsp3) is 0.600. The van der Waals surface area contributed by atoms with E-state index in [1.54, 1.807) is 0 Å². The first-order valence-corrected chi connectivity index (χ1v) is 13.1. The van der Waals surface area contributed by atoms with Crippen LogP contribution in [0.1, 0.15) is 62.0 Å². The molecule has 3 saturated heterocycles. The lowest BCUT2D eigenvalue weighted by Gasteiger charge is -2.44. The number of piperidine rings is 2. The number of ether oxygens (including phenoxy) is 1. The van der Waals surface area contributed by atoms with E-state index in [1.165, 1.54) is 11.3 Å². The van der Waals surface area contributed by atoms with Crippen molar-refractivity contribution in [3.05, 3.63) is 23.4 Å². The highest BCUT2D eigenvalue weighted by Crippen LogP contribution is 2.47. The predicted molar refractivity (Wildman–Crippen MR) is 133 cm³/mol. The largest absolute Gasteiger partial charge is 0.465 e. The number of anilines is 1. The van der Waals surface area contributed by atoms with Crippen LogP contribution in [0, 0.1) is 12.3 Å². The summed E-state index contributed by atoms with van der Waals surface area (Å²) < 4.78 is 5.68. The van der Waals surface area contributed by atoms with Crippen LogP contribution < -0.4 is 5.32 Å². The average Bonchev–Trinajstić information content (AvgIpc) is 3.24. The summed E-state index contributed by atoms with van der Waals surface area (Å²) in [5, 5.41) is 12.7. The Morgan fingerprint density at radius 3 is 2.63 bits per heavy atom. The molecule has 188 valence electrons. The highest BCUT2D eigenvalue weighted by Gasteiger charge is 2.54. The number of hydrogen-bond acceptors (Lipinski definition) is 7. The number of cyclic esters (lactones) is 1. The number of thiophene rings is 1. The number of amides is 2. The highest BCUT2D eigenvalue weighted by atomic mass is 32.1. The molecule has 3 fully saturated rings. The number of hydrogen-bond donors (Lipinski definition) is 2. The van der Waals surface area contributed by atoms with Crippen LogP contribution in [0.25, 0.3) is 10.2 Å². The maximum Gasteiger partial charge on any atom is 0.409 e. The summed E-state index contributed by atoms with van der Waals surface area (Å²) in [7, 11) is 0. The molecule has 1 spiro atoms. The lowest BCUT2D eigenvalue weighted by atomic mass is 9.74. The van der Waals surface area contributed by atoms with Crippen molar-refractivity contribution >= 4 is 44.5 Å². The van der Waals surface area contributed by atoms with Gasteiger partial charge in [-0.25, -0.2) is 9.78 Å². The lowest BCUT2D eigenvalue weighted by molar-refractivity contribution is -0.154. The molecule has 9 nitrogen and oxygen atoms in total. The fourth-order valence-electron chi connectivity index (χ4n) is 6.13. The number of carboxylic acid groups (broad SMARTS) is 1. The minimum absolute atomic E-state index is 0.0635. The van der Waals surface area contributed by atoms with Gasteiger partial charge in [-0.05, 0) is 65.1 Å². The highest BCUT2D eigenvalue weighted by molar-refractivity contribution is 7.23. The first-order chi connectivity index (χ1) is 16.6. The molecule has 10 heteroatoms. The number of carbonyl (C=O) groups is 3.